The minimum atomic E-state index is -3.49. The Morgan fingerprint density at radius 1 is 0.952 bits per heavy atom. The van der Waals surface area contributed by atoms with Gasteiger partial charge in [-0.3, -0.25) is 0 Å². The first-order valence-electron chi connectivity index (χ1n) is 6.20. The van der Waals surface area contributed by atoms with Gasteiger partial charge in [-0.05, 0) is 33.7 Å². The van der Waals surface area contributed by atoms with Crippen LogP contribution in [0.1, 0.15) is 0 Å². The van der Waals surface area contributed by atoms with E-state index in [1.165, 1.54) is 4.68 Å². The van der Waals surface area contributed by atoms with Crippen LogP contribution in [0.2, 0.25) is 0 Å². The molecule has 21 heavy (non-hydrogen) atoms. The van der Waals surface area contributed by atoms with Crippen LogP contribution in [0, 0.1) is 0 Å². The van der Waals surface area contributed by atoms with Crippen LogP contribution in [-0.4, -0.2) is 34.9 Å². The van der Waals surface area contributed by atoms with Crippen LogP contribution >= 0.6 is 0 Å². The minimum Gasteiger partial charge on any atom is -0.221 e. The van der Waals surface area contributed by atoms with Crippen molar-refractivity contribution in [3.05, 3.63) is 54.6 Å². The number of rotatable bonds is 3. The van der Waals surface area contributed by atoms with Gasteiger partial charge in [0.2, 0.25) is 9.84 Å². The van der Waals surface area contributed by atoms with Gasteiger partial charge >= 0.3 is 0 Å². The Hall–Kier alpha value is -2.54. The average molecular weight is 300 g/mol. The molecule has 2 aromatic carbocycles. The molecule has 7 heteroatoms. The summed E-state index contributed by atoms with van der Waals surface area (Å²) in [5, 5.41) is 10.6. The second-order valence-corrected chi connectivity index (χ2v) is 6.47. The Morgan fingerprint density at radius 2 is 1.67 bits per heavy atom. The van der Waals surface area contributed by atoms with Crippen molar-refractivity contribution in [1.29, 1.82) is 0 Å². The van der Waals surface area contributed by atoms with Crippen molar-refractivity contribution in [2.45, 2.75) is 5.16 Å². The van der Waals surface area contributed by atoms with Gasteiger partial charge in [0.05, 0.1) is 5.69 Å². The highest BCUT2D eigenvalue weighted by atomic mass is 32.2. The van der Waals surface area contributed by atoms with Crippen LogP contribution in [0.15, 0.2) is 59.8 Å². The van der Waals surface area contributed by atoms with Gasteiger partial charge in [-0.15, -0.1) is 0 Å². The topological polar surface area (TPSA) is 77.7 Å². The van der Waals surface area contributed by atoms with E-state index in [2.05, 4.69) is 15.5 Å². The molecule has 0 radical (unpaired) electrons. The fraction of sp³-hybridized carbons (Fsp3) is 0.0714. The van der Waals surface area contributed by atoms with Crippen LogP contribution in [0.25, 0.3) is 16.8 Å². The van der Waals surface area contributed by atoms with E-state index in [4.69, 9.17) is 0 Å². The fourth-order valence-electron chi connectivity index (χ4n) is 2.02. The summed E-state index contributed by atoms with van der Waals surface area (Å²) in [4.78, 5) is 0. The molecule has 0 spiro atoms. The lowest BCUT2D eigenvalue weighted by atomic mass is 10.1. The molecular formula is C14H12N4O2S. The molecule has 3 rings (SSSR count). The lowest BCUT2D eigenvalue weighted by Gasteiger charge is -2.06. The number of hydrogen-bond acceptors (Lipinski definition) is 5. The van der Waals surface area contributed by atoms with Gasteiger partial charge in [-0.2, -0.15) is 4.68 Å². The zero-order valence-electron chi connectivity index (χ0n) is 11.2. The predicted molar refractivity (Wildman–Crippen MR) is 77.7 cm³/mol. The van der Waals surface area contributed by atoms with Gasteiger partial charge < -0.3 is 0 Å². The summed E-state index contributed by atoms with van der Waals surface area (Å²) in [6.07, 6.45) is 1.08. The third kappa shape index (κ3) is 2.68. The molecule has 0 amide bonds. The first-order chi connectivity index (χ1) is 10.1. The van der Waals surface area contributed by atoms with E-state index in [1.807, 2.05) is 48.5 Å². The van der Waals surface area contributed by atoms with Crippen molar-refractivity contribution >= 4 is 9.84 Å². The van der Waals surface area contributed by atoms with Crippen molar-refractivity contribution < 1.29 is 8.42 Å². The number of hydrogen-bond donors (Lipinski definition) is 0. The average Bonchev–Trinajstić information content (AvgIpc) is 2.98. The monoisotopic (exact) mass is 300 g/mol. The van der Waals surface area contributed by atoms with Gasteiger partial charge in [0.1, 0.15) is 0 Å². The molecule has 1 heterocycles. The van der Waals surface area contributed by atoms with Gasteiger partial charge in [-0.25, -0.2) is 8.42 Å². The molecule has 0 fully saturated rings. The van der Waals surface area contributed by atoms with Crippen molar-refractivity contribution in [2.24, 2.45) is 0 Å². The van der Waals surface area contributed by atoms with E-state index < -0.39 is 9.84 Å². The summed E-state index contributed by atoms with van der Waals surface area (Å²) in [5.74, 6) is 0. The molecule has 6 nitrogen and oxygen atoms in total. The molecular weight excluding hydrogens is 288 g/mol. The van der Waals surface area contributed by atoms with Crippen LogP contribution in [0.5, 0.6) is 0 Å². The molecule has 0 saturated carbocycles. The quantitative estimate of drug-likeness (QED) is 0.736. The summed E-state index contributed by atoms with van der Waals surface area (Å²) < 4.78 is 24.6. The SMILES string of the molecule is CS(=O)(=O)c1nnnn1-c1cccc(-c2ccccc2)c1. The highest BCUT2D eigenvalue weighted by Gasteiger charge is 2.18. The summed E-state index contributed by atoms with van der Waals surface area (Å²) in [6.45, 7) is 0. The number of sulfone groups is 1. The predicted octanol–water partition coefficient (Wildman–Crippen LogP) is 1.73. The van der Waals surface area contributed by atoms with Crippen molar-refractivity contribution in [1.82, 2.24) is 20.2 Å². The molecule has 106 valence electrons. The highest BCUT2D eigenvalue weighted by Crippen LogP contribution is 2.22. The molecule has 1 aromatic heterocycles. The molecule has 0 aliphatic heterocycles. The Morgan fingerprint density at radius 3 is 2.38 bits per heavy atom. The molecule has 3 aromatic rings. The first-order valence-corrected chi connectivity index (χ1v) is 8.09. The van der Waals surface area contributed by atoms with E-state index in [-0.39, 0.29) is 5.16 Å². The summed E-state index contributed by atoms with van der Waals surface area (Å²) in [7, 11) is -3.49. The normalized spacial score (nSPS) is 11.5. The van der Waals surface area contributed by atoms with Crippen LogP contribution < -0.4 is 0 Å². The maximum atomic E-state index is 11.7. The van der Waals surface area contributed by atoms with Gasteiger partial charge in [0, 0.05) is 6.26 Å². The van der Waals surface area contributed by atoms with E-state index in [0.29, 0.717) is 5.69 Å². The smallest absolute Gasteiger partial charge is 0.221 e. The number of aromatic nitrogens is 4. The van der Waals surface area contributed by atoms with Crippen molar-refractivity contribution in [2.75, 3.05) is 6.26 Å². The summed E-state index contributed by atoms with van der Waals surface area (Å²) >= 11 is 0. The van der Waals surface area contributed by atoms with E-state index in [0.717, 1.165) is 17.4 Å². The second-order valence-electron chi connectivity index (χ2n) is 4.56. The Labute approximate surface area is 122 Å². The van der Waals surface area contributed by atoms with E-state index in [1.54, 1.807) is 6.07 Å². The molecule has 0 aliphatic rings. The molecule has 0 aliphatic carbocycles. The standard InChI is InChI=1S/C14H12N4O2S/c1-21(19,20)14-15-16-17-18(14)13-9-5-8-12(10-13)11-6-3-2-4-7-11/h2-10H,1H3. The number of benzene rings is 2. The molecule has 0 bridgehead atoms. The lowest BCUT2D eigenvalue weighted by Crippen LogP contribution is -2.09. The summed E-state index contributed by atoms with van der Waals surface area (Å²) in [5.41, 5.74) is 2.60. The molecule has 0 saturated heterocycles. The van der Waals surface area contributed by atoms with E-state index >= 15 is 0 Å². The van der Waals surface area contributed by atoms with Crippen LogP contribution in [0.3, 0.4) is 0 Å². The molecule has 0 unspecified atom stereocenters. The Bertz CT molecular complexity index is 873. The summed E-state index contributed by atoms with van der Waals surface area (Å²) in [6, 6.07) is 17.2. The minimum absolute atomic E-state index is 0.173. The fourth-order valence-corrected chi connectivity index (χ4v) is 2.66. The molecule has 0 N–H and O–H groups in total. The third-order valence-corrected chi connectivity index (χ3v) is 3.89. The van der Waals surface area contributed by atoms with Crippen LogP contribution in [0.4, 0.5) is 0 Å². The van der Waals surface area contributed by atoms with Crippen LogP contribution in [-0.2, 0) is 9.84 Å². The van der Waals surface area contributed by atoms with Gasteiger partial charge in [0.25, 0.3) is 5.16 Å². The zero-order valence-corrected chi connectivity index (χ0v) is 12.0. The number of tetrazole rings is 1. The third-order valence-electron chi connectivity index (χ3n) is 2.97. The maximum absolute atomic E-state index is 11.7. The zero-order chi connectivity index (χ0) is 14.9. The van der Waals surface area contributed by atoms with Gasteiger partial charge in [-0.1, -0.05) is 47.6 Å². The lowest BCUT2D eigenvalue weighted by molar-refractivity contribution is 0.586. The maximum Gasteiger partial charge on any atom is 0.272 e. The van der Waals surface area contributed by atoms with Crippen molar-refractivity contribution in [3.63, 3.8) is 0 Å². The Kier molecular flexibility index (Phi) is 3.26. The largest absolute Gasteiger partial charge is 0.272 e. The van der Waals surface area contributed by atoms with Gasteiger partial charge in [0.15, 0.2) is 0 Å². The first kappa shape index (κ1) is 13.4. The highest BCUT2D eigenvalue weighted by molar-refractivity contribution is 7.90. The van der Waals surface area contributed by atoms with Crippen molar-refractivity contribution in [3.8, 4) is 16.8 Å². The second kappa shape index (κ2) is 5.10. The number of nitrogens with zero attached hydrogens (tertiary/aromatic N) is 4. The molecule has 0 atom stereocenters. The van der Waals surface area contributed by atoms with E-state index in [9.17, 15) is 8.42 Å². The Balaban J connectivity index is 2.12.